The Morgan fingerprint density at radius 1 is 0.962 bits per heavy atom. The summed E-state index contributed by atoms with van der Waals surface area (Å²) < 4.78 is 12.9. The summed E-state index contributed by atoms with van der Waals surface area (Å²) in [5.41, 5.74) is 2.57. The summed E-state index contributed by atoms with van der Waals surface area (Å²) in [6, 6.07) is 13.6. The minimum Gasteiger partial charge on any atom is -0.366 e. The molecule has 0 unspecified atom stereocenters. The molecule has 0 spiro atoms. The van der Waals surface area contributed by atoms with Gasteiger partial charge in [-0.25, -0.2) is 9.37 Å². The summed E-state index contributed by atoms with van der Waals surface area (Å²) in [6.07, 6.45) is 5.67. The molecule has 6 heteroatoms. The van der Waals surface area contributed by atoms with E-state index in [1.54, 1.807) is 42.9 Å². The molecule has 5 nitrogen and oxygen atoms in total. The van der Waals surface area contributed by atoms with E-state index in [9.17, 15) is 9.18 Å². The molecule has 2 aromatic heterocycles. The summed E-state index contributed by atoms with van der Waals surface area (Å²) in [4.78, 5) is 20.4. The Morgan fingerprint density at radius 2 is 1.73 bits per heavy atom. The number of carbonyl (C=O) groups is 1. The second-order valence-corrected chi connectivity index (χ2v) is 5.77. The molecular weight excluding hydrogens is 331 g/mol. The zero-order valence-electron chi connectivity index (χ0n) is 14.2. The molecule has 0 fully saturated rings. The summed E-state index contributed by atoms with van der Waals surface area (Å²) in [6.45, 7) is 1.12. The zero-order chi connectivity index (χ0) is 18.2. The summed E-state index contributed by atoms with van der Waals surface area (Å²) >= 11 is 0. The number of halogens is 1. The average molecular weight is 350 g/mol. The Hall–Kier alpha value is -3.28. The third kappa shape index (κ3) is 5.11. The predicted octanol–water partition coefficient (Wildman–Crippen LogP) is 3.20. The number of benzene rings is 1. The summed E-state index contributed by atoms with van der Waals surface area (Å²) in [7, 11) is 0. The van der Waals surface area contributed by atoms with E-state index < -0.39 is 0 Å². The van der Waals surface area contributed by atoms with Gasteiger partial charge in [-0.1, -0.05) is 12.1 Å². The number of hydrogen-bond donors (Lipinski definition) is 2. The lowest BCUT2D eigenvalue weighted by molar-refractivity contribution is 0.0954. The molecule has 1 aromatic carbocycles. The van der Waals surface area contributed by atoms with Crippen LogP contribution in [0.5, 0.6) is 0 Å². The lowest BCUT2D eigenvalue weighted by atomic mass is 10.1. The van der Waals surface area contributed by atoms with Crippen LogP contribution in [0, 0.1) is 5.82 Å². The van der Waals surface area contributed by atoms with Crippen LogP contribution in [-0.4, -0.2) is 22.4 Å². The first-order valence-corrected chi connectivity index (χ1v) is 8.32. The molecule has 0 saturated carbocycles. The van der Waals surface area contributed by atoms with Crippen molar-refractivity contribution in [3.8, 4) is 0 Å². The van der Waals surface area contributed by atoms with E-state index in [4.69, 9.17) is 0 Å². The van der Waals surface area contributed by atoms with Crippen molar-refractivity contribution < 1.29 is 9.18 Å². The van der Waals surface area contributed by atoms with E-state index in [0.29, 0.717) is 30.9 Å². The van der Waals surface area contributed by atoms with Crippen LogP contribution >= 0.6 is 0 Å². The number of nitrogens with one attached hydrogen (secondary N) is 2. The van der Waals surface area contributed by atoms with Crippen molar-refractivity contribution in [2.75, 3.05) is 11.9 Å². The van der Waals surface area contributed by atoms with E-state index in [-0.39, 0.29) is 11.7 Å². The number of nitrogens with zero attached hydrogens (tertiary/aromatic N) is 2. The average Bonchev–Trinajstić information content (AvgIpc) is 2.69. The standard InChI is InChI=1S/C20H19FN4O/c21-18-4-1-15(2-5-18)9-12-23-20(26)17-3-6-19(25-14-17)24-13-16-7-10-22-11-8-16/h1-8,10-11,14H,9,12-13H2,(H,23,26)(H,24,25). The highest BCUT2D eigenvalue weighted by atomic mass is 19.1. The molecule has 3 aromatic rings. The molecule has 0 aliphatic rings. The molecular formula is C20H19FN4O. The molecule has 0 aliphatic heterocycles. The van der Waals surface area contributed by atoms with Crippen molar-refractivity contribution in [2.24, 2.45) is 0 Å². The van der Waals surface area contributed by atoms with E-state index >= 15 is 0 Å². The maximum Gasteiger partial charge on any atom is 0.252 e. The first-order chi connectivity index (χ1) is 12.7. The Balaban J connectivity index is 1.46. The normalized spacial score (nSPS) is 10.3. The van der Waals surface area contributed by atoms with Crippen molar-refractivity contribution in [2.45, 2.75) is 13.0 Å². The molecule has 0 bridgehead atoms. The van der Waals surface area contributed by atoms with Crippen LogP contribution in [0.2, 0.25) is 0 Å². The Kier molecular flexibility index (Phi) is 5.88. The molecule has 3 rings (SSSR count). The molecule has 132 valence electrons. The molecule has 0 aliphatic carbocycles. The van der Waals surface area contributed by atoms with Crippen LogP contribution in [0.15, 0.2) is 67.1 Å². The second-order valence-electron chi connectivity index (χ2n) is 5.77. The van der Waals surface area contributed by atoms with Crippen molar-refractivity contribution in [3.63, 3.8) is 0 Å². The largest absolute Gasteiger partial charge is 0.366 e. The predicted molar refractivity (Wildman–Crippen MR) is 98.2 cm³/mol. The number of hydrogen-bond acceptors (Lipinski definition) is 4. The highest BCUT2D eigenvalue weighted by Gasteiger charge is 2.06. The van der Waals surface area contributed by atoms with Gasteiger partial charge in [-0.3, -0.25) is 9.78 Å². The fourth-order valence-electron chi connectivity index (χ4n) is 2.40. The minimum absolute atomic E-state index is 0.180. The quantitative estimate of drug-likeness (QED) is 0.687. The van der Waals surface area contributed by atoms with Gasteiger partial charge in [-0.05, 0) is 53.9 Å². The van der Waals surface area contributed by atoms with Crippen LogP contribution in [0.3, 0.4) is 0 Å². The van der Waals surface area contributed by atoms with Crippen LogP contribution in [0.4, 0.5) is 10.2 Å². The van der Waals surface area contributed by atoms with Gasteiger partial charge in [-0.15, -0.1) is 0 Å². The Morgan fingerprint density at radius 3 is 2.42 bits per heavy atom. The van der Waals surface area contributed by atoms with E-state index in [1.807, 2.05) is 12.1 Å². The monoisotopic (exact) mass is 350 g/mol. The SMILES string of the molecule is O=C(NCCc1ccc(F)cc1)c1ccc(NCc2ccncc2)nc1. The molecule has 2 N–H and O–H groups in total. The van der Waals surface area contributed by atoms with Crippen LogP contribution in [0.25, 0.3) is 0 Å². The van der Waals surface area contributed by atoms with Crippen molar-refractivity contribution >= 4 is 11.7 Å². The number of aromatic nitrogens is 2. The van der Waals surface area contributed by atoms with Gasteiger partial charge in [-0.2, -0.15) is 0 Å². The number of rotatable bonds is 7. The summed E-state index contributed by atoms with van der Waals surface area (Å²) in [5, 5.41) is 6.03. The molecule has 2 heterocycles. The fraction of sp³-hybridized carbons (Fsp3) is 0.150. The molecule has 0 atom stereocenters. The van der Waals surface area contributed by atoms with E-state index in [0.717, 1.165) is 11.1 Å². The molecule has 1 amide bonds. The number of pyridine rings is 2. The molecule has 0 radical (unpaired) electrons. The van der Waals surface area contributed by atoms with Gasteiger partial charge >= 0.3 is 0 Å². The highest BCUT2D eigenvalue weighted by Crippen LogP contribution is 2.08. The second kappa shape index (κ2) is 8.71. The Bertz CT molecular complexity index is 836. The van der Waals surface area contributed by atoms with Gasteiger partial charge in [0.2, 0.25) is 0 Å². The van der Waals surface area contributed by atoms with Crippen LogP contribution in [-0.2, 0) is 13.0 Å². The van der Waals surface area contributed by atoms with Gasteiger partial charge in [0.1, 0.15) is 11.6 Å². The van der Waals surface area contributed by atoms with Gasteiger partial charge in [0.05, 0.1) is 5.56 Å². The highest BCUT2D eigenvalue weighted by molar-refractivity contribution is 5.94. The third-order valence-corrected chi connectivity index (χ3v) is 3.86. The van der Waals surface area contributed by atoms with Gasteiger partial charge in [0.25, 0.3) is 5.91 Å². The van der Waals surface area contributed by atoms with Crippen molar-refractivity contribution in [1.82, 2.24) is 15.3 Å². The van der Waals surface area contributed by atoms with Crippen molar-refractivity contribution in [1.29, 1.82) is 0 Å². The van der Waals surface area contributed by atoms with Crippen molar-refractivity contribution in [3.05, 3.63) is 89.6 Å². The van der Waals surface area contributed by atoms with E-state index in [1.165, 1.54) is 12.1 Å². The van der Waals surface area contributed by atoms with Gasteiger partial charge in [0.15, 0.2) is 0 Å². The van der Waals surface area contributed by atoms with Crippen LogP contribution < -0.4 is 10.6 Å². The maximum absolute atomic E-state index is 12.9. The fourth-order valence-corrected chi connectivity index (χ4v) is 2.40. The van der Waals surface area contributed by atoms with Gasteiger partial charge < -0.3 is 10.6 Å². The first kappa shape index (κ1) is 17.5. The Labute approximate surface area is 151 Å². The lowest BCUT2D eigenvalue weighted by Gasteiger charge is -2.08. The smallest absolute Gasteiger partial charge is 0.252 e. The topological polar surface area (TPSA) is 66.9 Å². The lowest BCUT2D eigenvalue weighted by Crippen LogP contribution is -2.25. The number of anilines is 1. The summed E-state index contributed by atoms with van der Waals surface area (Å²) in [5.74, 6) is 0.256. The maximum atomic E-state index is 12.9. The third-order valence-electron chi connectivity index (χ3n) is 3.86. The number of carbonyl (C=O) groups excluding carboxylic acids is 1. The zero-order valence-corrected chi connectivity index (χ0v) is 14.2. The minimum atomic E-state index is -0.263. The van der Waals surface area contributed by atoms with E-state index in [2.05, 4.69) is 20.6 Å². The molecule has 26 heavy (non-hydrogen) atoms. The van der Waals surface area contributed by atoms with Crippen LogP contribution in [0.1, 0.15) is 21.5 Å². The van der Waals surface area contributed by atoms with Gasteiger partial charge in [0, 0.05) is 31.7 Å². The molecule has 0 saturated heterocycles. The first-order valence-electron chi connectivity index (χ1n) is 8.32. The number of amides is 1.